The standard InChI is InChI=1S/C17H19NO5S3/c1-22-11-4-5-13(23-2)10(8-11)9-14-15(19)18(17(24)26-14)12(16(20)21)6-7-25-3/h4-5,8-9,12H,6-7H2,1-3H3,(H,20,21)/p-1/b14-9-/t12-/m1/s1. The number of thioether (sulfide) groups is 2. The van der Waals surface area contributed by atoms with Gasteiger partial charge in [0.05, 0.1) is 31.1 Å². The zero-order valence-electron chi connectivity index (χ0n) is 14.5. The predicted molar refractivity (Wildman–Crippen MR) is 106 cm³/mol. The Morgan fingerprint density at radius 2 is 2.15 bits per heavy atom. The average molecular weight is 413 g/mol. The van der Waals surface area contributed by atoms with Gasteiger partial charge < -0.3 is 19.4 Å². The molecule has 1 aromatic carbocycles. The van der Waals surface area contributed by atoms with Crippen LogP contribution in [0.5, 0.6) is 11.5 Å². The van der Waals surface area contributed by atoms with Crippen molar-refractivity contribution in [1.29, 1.82) is 0 Å². The van der Waals surface area contributed by atoms with E-state index < -0.39 is 17.9 Å². The van der Waals surface area contributed by atoms with E-state index in [0.717, 1.165) is 16.7 Å². The fourth-order valence-electron chi connectivity index (χ4n) is 2.42. The number of hydrogen-bond acceptors (Lipinski definition) is 8. The number of rotatable bonds is 8. The van der Waals surface area contributed by atoms with Crippen LogP contribution in [0.25, 0.3) is 6.08 Å². The number of carbonyl (C=O) groups excluding carboxylic acids is 2. The van der Waals surface area contributed by atoms with E-state index in [2.05, 4.69) is 0 Å². The summed E-state index contributed by atoms with van der Waals surface area (Å²) in [6.45, 7) is 0. The van der Waals surface area contributed by atoms with Crippen LogP contribution < -0.4 is 14.6 Å². The van der Waals surface area contributed by atoms with Crippen LogP contribution in [0.1, 0.15) is 12.0 Å². The van der Waals surface area contributed by atoms with E-state index >= 15 is 0 Å². The number of hydrogen-bond donors (Lipinski definition) is 0. The topological polar surface area (TPSA) is 78.9 Å². The maximum atomic E-state index is 12.8. The van der Waals surface area contributed by atoms with Crippen molar-refractivity contribution in [2.75, 3.05) is 26.2 Å². The van der Waals surface area contributed by atoms with Crippen molar-refractivity contribution in [3.63, 3.8) is 0 Å². The first-order valence-electron chi connectivity index (χ1n) is 7.61. The molecule has 0 unspecified atom stereocenters. The van der Waals surface area contributed by atoms with Gasteiger partial charge in [-0.15, -0.1) is 0 Å². The van der Waals surface area contributed by atoms with Gasteiger partial charge in [0.15, 0.2) is 0 Å². The van der Waals surface area contributed by atoms with E-state index in [-0.39, 0.29) is 10.7 Å². The molecule has 1 fully saturated rings. The van der Waals surface area contributed by atoms with E-state index in [1.54, 1.807) is 31.4 Å². The molecule has 140 valence electrons. The molecule has 1 saturated heterocycles. The summed E-state index contributed by atoms with van der Waals surface area (Å²) in [6, 6.07) is 4.13. The number of thiocarbonyl (C=S) groups is 1. The van der Waals surface area contributed by atoms with Crippen LogP contribution in [0, 0.1) is 0 Å². The number of aliphatic carboxylic acids is 1. The minimum atomic E-state index is -1.31. The molecule has 0 bridgehead atoms. The number of carboxylic acid groups (broad SMARTS) is 1. The quantitative estimate of drug-likeness (QED) is 0.472. The molecule has 1 aromatic rings. The molecule has 0 radical (unpaired) electrons. The Hall–Kier alpha value is -1.71. The largest absolute Gasteiger partial charge is 0.548 e. The van der Waals surface area contributed by atoms with Gasteiger partial charge in [0, 0.05) is 5.56 Å². The number of methoxy groups -OCH3 is 2. The van der Waals surface area contributed by atoms with Gasteiger partial charge in [0.25, 0.3) is 5.91 Å². The molecule has 2 rings (SSSR count). The Labute approximate surface area is 165 Å². The van der Waals surface area contributed by atoms with Crippen LogP contribution in [0.15, 0.2) is 23.1 Å². The minimum Gasteiger partial charge on any atom is -0.548 e. The summed E-state index contributed by atoms with van der Waals surface area (Å²) < 4.78 is 10.7. The van der Waals surface area contributed by atoms with Crippen LogP contribution in [-0.2, 0) is 9.59 Å². The highest BCUT2D eigenvalue weighted by atomic mass is 32.2. The summed E-state index contributed by atoms with van der Waals surface area (Å²) in [6.07, 6.45) is 3.76. The van der Waals surface area contributed by atoms with E-state index in [9.17, 15) is 14.7 Å². The molecular weight excluding hydrogens is 394 g/mol. The van der Waals surface area contributed by atoms with Crippen molar-refractivity contribution in [2.24, 2.45) is 0 Å². The third-order valence-corrected chi connectivity index (χ3v) is 5.70. The molecule has 0 aromatic heterocycles. The number of benzene rings is 1. The molecule has 26 heavy (non-hydrogen) atoms. The van der Waals surface area contributed by atoms with Gasteiger partial charge in [-0.2, -0.15) is 11.8 Å². The highest BCUT2D eigenvalue weighted by Crippen LogP contribution is 2.36. The molecule has 6 nitrogen and oxygen atoms in total. The lowest BCUT2D eigenvalue weighted by Crippen LogP contribution is -2.50. The normalized spacial score (nSPS) is 16.9. The summed E-state index contributed by atoms with van der Waals surface area (Å²) in [4.78, 5) is 25.7. The van der Waals surface area contributed by atoms with E-state index in [1.165, 1.54) is 18.9 Å². The second-order valence-corrected chi connectivity index (χ2v) is 7.94. The van der Waals surface area contributed by atoms with Crippen LogP contribution in [-0.4, -0.2) is 53.4 Å². The monoisotopic (exact) mass is 412 g/mol. The number of ether oxygens (including phenoxy) is 2. The Morgan fingerprint density at radius 3 is 2.73 bits per heavy atom. The summed E-state index contributed by atoms with van der Waals surface area (Å²) in [5.41, 5.74) is 0.640. The van der Waals surface area contributed by atoms with Crippen LogP contribution in [0.4, 0.5) is 0 Å². The molecular formula is C17H18NO5S3-. The minimum absolute atomic E-state index is 0.207. The van der Waals surface area contributed by atoms with Gasteiger partial charge >= 0.3 is 0 Å². The van der Waals surface area contributed by atoms with Crippen molar-refractivity contribution in [3.05, 3.63) is 28.7 Å². The lowest BCUT2D eigenvalue weighted by molar-refractivity contribution is -0.310. The Bertz CT molecular complexity index is 750. The number of nitrogens with zero attached hydrogens (tertiary/aromatic N) is 1. The van der Waals surface area contributed by atoms with E-state index in [1.807, 2.05) is 6.26 Å². The summed E-state index contributed by atoms with van der Waals surface area (Å²) >= 11 is 7.80. The molecule has 1 atom stereocenters. The second-order valence-electron chi connectivity index (χ2n) is 5.28. The van der Waals surface area contributed by atoms with E-state index in [0.29, 0.717) is 27.7 Å². The third kappa shape index (κ3) is 4.52. The highest BCUT2D eigenvalue weighted by molar-refractivity contribution is 8.26. The summed E-state index contributed by atoms with van der Waals surface area (Å²) in [7, 11) is 3.07. The lowest BCUT2D eigenvalue weighted by atomic mass is 10.1. The predicted octanol–water partition coefficient (Wildman–Crippen LogP) is 1.78. The number of carboxylic acids is 1. The van der Waals surface area contributed by atoms with Gasteiger partial charge in [-0.1, -0.05) is 24.0 Å². The van der Waals surface area contributed by atoms with Crippen molar-refractivity contribution in [3.8, 4) is 11.5 Å². The zero-order valence-corrected chi connectivity index (χ0v) is 17.0. The number of amides is 1. The Kier molecular flexibility index (Phi) is 7.36. The summed E-state index contributed by atoms with van der Waals surface area (Å²) in [5, 5.41) is 11.5. The first-order chi connectivity index (χ1) is 12.4. The maximum Gasteiger partial charge on any atom is 0.266 e. The van der Waals surface area contributed by atoms with Crippen molar-refractivity contribution in [1.82, 2.24) is 4.90 Å². The van der Waals surface area contributed by atoms with Gasteiger partial charge in [0.1, 0.15) is 15.8 Å². The van der Waals surface area contributed by atoms with Crippen LogP contribution in [0.3, 0.4) is 0 Å². The van der Waals surface area contributed by atoms with Crippen molar-refractivity contribution in [2.45, 2.75) is 12.5 Å². The molecule has 0 spiro atoms. The first-order valence-corrected chi connectivity index (χ1v) is 10.2. The number of carbonyl (C=O) groups is 2. The van der Waals surface area contributed by atoms with Crippen molar-refractivity contribution >= 4 is 58.0 Å². The molecule has 0 N–H and O–H groups in total. The van der Waals surface area contributed by atoms with Gasteiger partial charge in [-0.25, -0.2) is 0 Å². The molecule has 0 saturated carbocycles. The van der Waals surface area contributed by atoms with Gasteiger partial charge in [-0.05, 0) is 42.7 Å². The third-order valence-electron chi connectivity index (χ3n) is 3.73. The van der Waals surface area contributed by atoms with Crippen molar-refractivity contribution < 1.29 is 24.2 Å². The summed E-state index contributed by atoms with van der Waals surface area (Å²) in [5.74, 6) is 0.00380. The molecule has 1 aliphatic rings. The Balaban J connectivity index is 2.36. The Morgan fingerprint density at radius 1 is 1.42 bits per heavy atom. The molecule has 0 aliphatic carbocycles. The first kappa shape index (κ1) is 20.6. The fourth-order valence-corrected chi connectivity index (χ4v) is 4.23. The van der Waals surface area contributed by atoms with Gasteiger partial charge in [0.2, 0.25) is 0 Å². The molecule has 1 amide bonds. The molecule has 1 aliphatic heterocycles. The molecule has 9 heteroatoms. The molecule has 1 heterocycles. The smallest absolute Gasteiger partial charge is 0.266 e. The average Bonchev–Trinajstić information content (AvgIpc) is 2.89. The zero-order chi connectivity index (χ0) is 19.3. The SMILES string of the molecule is COc1ccc(OC)c(/C=C2\SC(=S)N([C@H](CCSC)C(=O)[O-])C2=O)c1. The highest BCUT2D eigenvalue weighted by Gasteiger charge is 2.37. The second kappa shape index (κ2) is 9.29. The van der Waals surface area contributed by atoms with Crippen LogP contribution >= 0.6 is 35.7 Å². The fraction of sp³-hybridized carbons (Fsp3) is 0.353. The van der Waals surface area contributed by atoms with E-state index in [4.69, 9.17) is 21.7 Å². The van der Waals surface area contributed by atoms with Gasteiger partial charge in [-0.3, -0.25) is 9.69 Å². The lowest BCUT2D eigenvalue weighted by Gasteiger charge is -2.27. The maximum absolute atomic E-state index is 12.8. The van der Waals surface area contributed by atoms with Crippen LogP contribution in [0.2, 0.25) is 0 Å².